The lowest BCUT2D eigenvalue weighted by atomic mass is 9.94. The molecule has 9 nitrogen and oxygen atoms in total. The average Bonchev–Trinajstić information content (AvgIpc) is 3.10. The molecule has 0 bridgehead atoms. The first kappa shape index (κ1) is 24.9. The first-order chi connectivity index (χ1) is 16.3. The molecular formula is C25H30N2O7. The lowest BCUT2D eigenvalue weighted by Crippen LogP contribution is -2.35. The number of likely N-dealkylation sites (tertiary alicyclic amines) is 1. The molecule has 1 aliphatic rings. The molecule has 0 spiro atoms. The molecule has 2 aromatic carbocycles. The molecule has 1 fully saturated rings. The highest BCUT2D eigenvalue weighted by Gasteiger charge is 2.46. The van der Waals surface area contributed by atoms with Crippen molar-refractivity contribution in [2.75, 3.05) is 55.6 Å². The Bertz CT molecular complexity index is 1090. The number of ketones is 1. The molecule has 0 aliphatic carbocycles. The summed E-state index contributed by atoms with van der Waals surface area (Å²) < 4.78 is 21.6. The minimum Gasteiger partial charge on any atom is -0.507 e. The maximum atomic E-state index is 13.2. The molecule has 1 amide bonds. The summed E-state index contributed by atoms with van der Waals surface area (Å²) in [6.07, 6.45) is 0. The third-order valence-corrected chi connectivity index (χ3v) is 5.67. The quantitative estimate of drug-likeness (QED) is 0.339. The van der Waals surface area contributed by atoms with Crippen molar-refractivity contribution < 1.29 is 33.6 Å². The standard InChI is InChI=1S/C25H30N2O7/c1-26(2)10-11-27-21(16-13-18(32-4)24(34-6)19(14-16)33-5)20(23(29)25(27)30)22(28)15-8-7-9-17(12-15)31-3/h7-9,12-14,21,28H,10-11H2,1-6H3/t21-/m0/s1. The Kier molecular flexibility index (Phi) is 7.68. The molecule has 1 N–H and O–H groups in total. The van der Waals surface area contributed by atoms with Gasteiger partial charge in [-0.1, -0.05) is 12.1 Å². The van der Waals surface area contributed by atoms with Crippen molar-refractivity contribution >= 4 is 17.4 Å². The van der Waals surface area contributed by atoms with E-state index in [4.69, 9.17) is 18.9 Å². The highest BCUT2D eigenvalue weighted by atomic mass is 16.5. The van der Waals surface area contributed by atoms with Crippen molar-refractivity contribution in [3.63, 3.8) is 0 Å². The molecule has 2 aromatic rings. The Balaban J connectivity index is 2.26. The monoisotopic (exact) mass is 470 g/mol. The van der Waals surface area contributed by atoms with Crippen molar-refractivity contribution in [1.29, 1.82) is 0 Å². The van der Waals surface area contributed by atoms with Gasteiger partial charge in [-0.05, 0) is 43.9 Å². The van der Waals surface area contributed by atoms with Crippen LogP contribution in [0, 0.1) is 0 Å². The number of hydrogen-bond acceptors (Lipinski definition) is 8. The molecule has 182 valence electrons. The number of aliphatic hydroxyl groups is 1. The van der Waals surface area contributed by atoms with E-state index in [9.17, 15) is 14.7 Å². The number of hydrogen-bond donors (Lipinski definition) is 1. The van der Waals surface area contributed by atoms with Gasteiger partial charge in [0, 0.05) is 18.7 Å². The number of Topliss-reactive ketones (excluding diaryl/α,β-unsaturated/α-hetero) is 1. The van der Waals surface area contributed by atoms with Crippen LogP contribution >= 0.6 is 0 Å². The second-order valence-electron chi connectivity index (χ2n) is 7.99. The van der Waals surface area contributed by atoms with Crippen LogP contribution in [0.15, 0.2) is 42.0 Å². The molecule has 1 heterocycles. The number of benzene rings is 2. The van der Waals surface area contributed by atoms with Gasteiger partial charge in [0.05, 0.1) is 40.1 Å². The fourth-order valence-electron chi connectivity index (χ4n) is 3.95. The lowest BCUT2D eigenvalue weighted by molar-refractivity contribution is -0.140. The molecule has 9 heteroatoms. The summed E-state index contributed by atoms with van der Waals surface area (Å²) in [7, 11) is 9.73. The number of ether oxygens (including phenoxy) is 4. The topological polar surface area (TPSA) is 97.8 Å². The summed E-state index contributed by atoms with van der Waals surface area (Å²) in [6.45, 7) is 0.793. The van der Waals surface area contributed by atoms with Gasteiger partial charge in [0.15, 0.2) is 11.5 Å². The van der Waals surface area contributed by atoms with E-state index in [1.165, 1.54) is 33.3 Å². The molecule has 1 saturated heterocycles. The van der Waals surface area contributed by atoms with E-state index >= 15 is 0 Å². The predicted octanol–water partition coefficient (Wildman–Crippen LogP) is 2.70. The van der Waals surface area contributed by atoms with Crippen LogP contribution in [-0.2, 0) is 9.59 Å². The summed E-state index contributed by atoms with van der Waals surface area (Å²) >= 11 is 0. The molecule has 34 heavy (non-hydrogen) atoms. The van der Waals surface area contributed by atoms with E-state index in [0.717, 1.165) is 0 Å². The van der Waals surface area contributed by atoms with Crippen molar-refractivity contribution in [2.24, 2.45) is 0 Å². The summed E-state index contributed by atoms with van der Waals surface area (Å²) in [5, 5.41) is 11.2. The second kappa shape index (κ2) is 10.5. The van der Waals surface area contributed by atoms with Gasteiger partial charge in [-0.15, -0.1) is 0 Å². The largest absolute Gasteiger partial charge is 0.507 e. The maximum Gasteiger partial charge on any atom is 0.295 e. The Hall–Kier alpha value is -3.72. The van der Waals surface area contributed by atoms with Gasteiger partial charge in [0.2, 0.25) is 5.75 Å². The molecule has 0 unspecified atom stereocenters. The number of aliphatic hydroxyl groups excluding tert-OH is 1. The van der Waals surface area contributed by atoms with Gasteiger partial charge in [-0.3, -0.25) is 9.59 Å². The normalized spacial score (nSPS) is 17.3. The Morgan fingerprint density at radius 1 is 0.971 bits per heavy atom. The number of amides is 1. The minimum atomic E-state index is -0.861. The van der Waals surface area contributed by atoms with E-state index in [-0.39, 0.29) is 17.9 Å². The minimum absolute atomic E-state index is 0.0220. The van der Waals surface area contributed by atoms with Crippen LogP contribution in [0.4, 0.5) is 0 Å². The van der Waals surface area contributed by atoms with Crippen LogP contribution in [0.2, 0.25) is 0 Å². The Morgan fingerprint density at radius 2 is 1.62 bits per heavy atom. The number of rotatable bonds is 9. The molecular weight excluding hydrogens is 440 g/mol. The van der Waals surface area contributed by atoms with Gasteiger partial charge in [0.25, 0.3) is 11.7 Å². The zero-order chi connectivity index (χ0) is 25.0. The highest BCUT2D eigenvalue weighted by Crippen LogP contribution is 2.45. The van der Waals surface area contributed by atoms with Gasteiger partial charge in [-0.2, -0.15) is 0 Å². The summed E-state index contributed by atoms with van der Waals surface area (Å²) in [5.41, 5.74) is 0.880. The van der Waals surface area contributed by atoms with Crippen molar-refractivity contribution in [2.45, 2.75) is 6.04 Å². The van der Waals surface area contributed by atoms with E-state index < -0.39 is 17.7 Å². The number of methoxy groups -OCH3 is 4. The smallest absolute Gasteiger partial charge is 0.295 e. The highest BCUT2D eigenvalue weighted by molar-refractivity contribution is 6.46. The van der Waals surface area contributed by atoms with Gasteiger partial charge in [-0.25, -0.2) is 0 Å². The summed E-state index contributed by atoms with van der Waals surface area (Å²) in [4.78, 5) is 29.7. The van der Waals surface area contributed by atoms with Gasteiger partial charge < -0.3 is 33.9 Å². The molecule has 1 aliphatic heterocycles. The maximum absolute atomic E-state index is 13.2. The van der Waals surface area contributed by atoms with E-state index in [1.54, 1.807) is 36.4 Å². The lowest BCUT2D eigenvalue weighted by Gasteiger charge is -2.27. The Labute approximate surface area is 199 Å². The molecule has 0 radical (unpaired) electrons. The van der Waals surface area contributed by atoms with Gasteiger partial charge >= 0.3 is 0 Å². The fourth-order valence-corrected chi connectivity index (χ4v) is 3.95. The van der Waals surface area contributed by atoms with Crippen molar-refractivity contribution in [3.05, 3.63) is 53.1 Å². The zero-order valence-electron chi connectivity index (χ0n) is 20.2. The van der Waals surface area contributed by atoms with Crippen LogP contribution in [0.25, 0.3) is 5.76 Å². The van der Waals surface area contributed by atoms with Crippen LogP contribution in [0.1, 0.15) is 17.2 Å². The van der Waals surface area contributed by atoms with E-state index in [1.807, 2.05) is 19.0 Å². The van der Waals surface area contributed by atoms with E-state index in [0.29, 0.717) is 40.7 Å². The van der Waals surface area contributed by atoms with Crippen LogP contribution < -0.4 is 18.9 Å². The number of nitrogens with zero attached hydrogens (tertiary/aromatic N) is 2. The van der Waals surface area contributed by atoms with E-state index in [2.05, 4.69) is 0 Å². The first-order valence-electron chi connectivity index (χ1n) is 10.6. The second-order valence-corrected chi connectivity index (χ2v) is 7.99. The molecule has 0 saturated carbocycles. The number of likely N-dealkylation sites (N-methyl/N-ethyl adjacent to an activating group) is 1. The first-order valence-corrected chi connectivity index (χ1v) is 10.6. The van der Waals surface area contributed by atoms with Crippen LogP contribution in [0.3, 0.4) is 0 Å². The number of carbonyl (C=O) groups excluding carboxylic acids is 2. The molecule has 0 aromatic heterocycles. The molecule has 1 atom stereocenters. The number of carbonyl (C=O) groups is 2. The zero-order valence-corrected chi connectivity index (χ0v) is 20.2. The Morgan fingerprint density at radius 3 is 2.15 bits per heavy atom. The summed E-state index contributed by atoms with van der Waals surface area (Å²) in [6, 6.07) is 9.18. The van der Waals surface area contributed by atoms with Crippen molar-refractivity contribution in [1.82, 2.24) is 9.80 Å². The van der Waals surface area contributed by atoms with Crippen LogP contribution in [-0.4, -0.2) is 82.2 Å². The average molecular weight is 471 g/mol. The third-order valence-electron chi connectivity index (χ3n) is 5.67. The fraction of sp³-hybridized carbons (Fsp3) is 0.360. The molecule has 3 rings (SSSR count). The van der Waals surface area contributed by atoms with Gasteiger partial charge in [0.1, 0.15) is 11.5 Å². The SMILES string of the molecule is COc1cccc(C(O)=C2C(=O)C(=O)N(CCN(C)C)[C@H]2c2cc(OC)c(OC)c(OC)c2)c1. The predicted molar refractivity (Wildman–Crippen MR) is 127 cm³/mol. The van der Waals surface area contributed by atoms with Crippen LogP contribution in [0.5, 0.6) is 23.0 Å². The third kappa shape index (κ3) is 4.65. The van der Waals surface area contributed by atoms with Crippen molar-refractivity contribution in [3.8, 4) is 23.0 Å². The summed E-state index contributed by atoms with van der Waals surface area (Å²) in [5.74, 6) is -0.110.